The number of amides is 1. The molecule has 0 bridgehead atoms. The first-order chi connectivity index (χ1) is 11.0. The Labute approximate surface area is 145 Å². The summed E-state index contributed by atoms with van der Waals surface area (Å²) in [5.74, 6) is 1.02. The molecule has 1 amide bonds. The minimum atomic E-state index is -0.168. The highest BCUT2D eigenvalue weighted by Crippen LogP contribution is 2.31. The number of halogens is 2. The molecule has 23 heavy (non-hydrogen) atoms. The summed E-state index contributed by atoms with van der Waals surface area (Å²) in [6, 6.07) is 10.4. The fourth-order valence-corrected chi connectivity index (χ4v) is 2.21. The number of rotatable bonds is 6. The van der Waals surface area contributed by atoms with Crippen LogP contribution < -0.4 is 14.8 Å². The first-order valence-corrected chi connectivity index (χ1v) is 7.77. The van der Waals surface area contributed by atoms with Crippen molar-refractivity contribution in [3.05, 3.63) is 52.0 Å². The molecule has 0 radical (unpaired) electrons. The fraction of sp³-hybridized carbons (Fsp3) is 0.235. The van der Waals surface area contributed by atoms with Gasteiger partial charge in [0, 0.05) is 16.1 Å². The molecule has 2 aromatic carbocycles. The number of hydrogen-bond acceptors (Lipinski definition) is 3. The minimum Gasteiger partial charge on any atom is -0.495 e. The Kier molecular flexibility index (Phi) is 6.13. The summed E-state index contributed by atoms with van der Waals surface area (Å²) in [5.41, 5.74) is 1.45. The first kappa shape index (κ1) is 17.4. The van der Waals surface area contributed by atoms with Crippen LogP contribution in [-0.2, 0) is 4.79 Å². The molecule has 0 atom stereocenters. The second kappa shape index (κ2) is 8.09. The standard InChI is InChI=1S/C17H17Cl2NO3/c1-11-9-15(16(22-2)10-14(11)19)20-17(21)7-8-23-13-5-3-12(18)4-6-13/h3-6,9-10H,7-8H2,1-2H3,(H,20,21). The largest absolute Gasteiger partial charge is 0.495 e. The molecule has 122 valence electrons. The lowest BCUT2D eigenvalue weighted by molar-refractivity contribution is -0.116. The lowest BCUT2D eigenvalue weighted by Crippen LogP contribution is -2.15. The molecule has 0 aromatic heterocycles. The molecule has 0 aliphatic rings. The van der Waals surface area contributed by atoms with Crippen molar-refractivity contribution in [3.63, 3.8) is 0 Å². The summed E-state index contributed by atoms with van der Waals surface area (Å²) < 4.78 is 10.7. The van der Waals surface area contributed by atoms with Crippen molar-refractivity contribution in [2.75, 3.05) is 19.0 Å². The quantitative estimate of drug-likeness (QED) is 0.817. The van der Waals surface area contributed by atoms with Gasteiger partial charge < -0.3 is 14.8 Å². The van der Waals surface area contributed by atoms with Gasteiger partial charge in [-0.3, -0.25) is 4.79 Å². The summed E-state index contributed by atoms with van der Waals surface area (Å²) in [7, 11) is 1.53. The molecular weight excluding hydrogens is 337 g/mol. The van der Waals surface area contributed by atoms with E-state index in [1.807, 2.05) is 6.92 Å². The Hall–Kier alpha value is -1.91. The second-order valence-electron chi connectivity index (χ2n) is 4.90. The molecule has 0 aliphatic heterocycles. The van der Waals surface area contributed by atoms with Crippen LogP contribution in [0.4, 0.5) is 5.69 Å². The van der Waals surface area contributed by atoms with Gasteiger partial charge in [0.1, 0.15) is 11.5 Å². The molecule has 2 rings (SSSR count). The number of anilines is 1. The van der Waals surface area contributed by atoms with Gasteiger partial charge in [-0.15, -0.1) is 0 Å². The van der Waals surface area contributed by atoms with Gasteiger partial charge in [-0.1, -0.05) is 23.2 Å². The summed E-state index contributed by atoms with van der Waals surface area (Å²) in [4.78, 5) is 12.0. The molecule has 0 unspecified atom stereocenters. The summed E-state index contributed by atoms with van der Waals surface area (Å²) in [6.07, 6.45) is 0.216. The van der Waals surface area contributed by atoms with E-state index in [0.717, 1.165) is 5.56 Å². The van der Waals surface area contributed by atoms with Crippen LogP contribution in [0.2, 0.25) is 10.0 Å². The summed E-state index contributed by atoms with van der Waals surface area (Å²) >= 11 is 11.8. The number of methoxy groups -OCH3 is 1. The van der Waals surface area contributed by atoms with Gasteiger partial charge in [0.25, 0.3) is 0 Å². The fourth-order valence-electron chi connectivity index (χ4n) is 1.93. The number of benzene rings is 2. The number of nitrogens with one attached hydrogen (secondary N) is 1. The highest BCUT2D eigenvalue weighted by molar-refractivity contribution is 6.31. The maximum absolute atomic E-state index is 12.0. The molecule has 0 saturated carbocycles. The molecule has 1 N–H and O–H groups in total. The van der Waals surface area contributed by atoms with Crippen LogP contribution in [0.25, 0.3) is 0 Å². The van der Waals surface area contributed by atoms with Crippen molar-refractivity contribution in [3.8, 4) is 11.5 Å². The molecule has 0 spiro atoms. The van der Waals surface area contributed by atoms with Crippen LogP contribution in [0.3, 0.4) is 0 Å². The van der Waals surface area contributed by atoms with Crippen molar-refractivity contribution in [1.82, 2.24) is 0 Å². The molecular formula is C17H17Cl2NO3. The van der Waals surface area contributed by atoms with E-state index in [2.05, 4.69) is 5.32 Å². The Morgan fingerprint density at radius 3 is 2.52 bits per heavy atom. The highest BCUT2D eigenvalue weighted by Gasteiger charge is 2.10. The van der Waals surface area contributed by atoms with Crippen LogP contribution in [0, 0.1) is 6.92 Å². The zero-order valence-corrected chi connectivity index (χ0v) is 14.4. The Morgan fingerprint density at radius 1 is 1.17 bits per heavy atom. The zero-order chi connectivity index (χ0) is 16.8. The van der Waals surface area contributed by atoms with Gasteiger partial charge in [0.15, 0.2) is 0 Å². The monoisotopic (exact) mass is 353 g/mol. The number of carbonyl (C=O) groups excluding carboxylic acids is 1. The zero-order valence-electron chi connectivity index (χ0n) is 12.9. The summed E-state index contributed by atoms with van der Waals surface area (Å²) in [6.45, 7) is 2.13. The van der Waals surface area contributed by atoms with E-state index < -0.39 is 0 Å². The van der Waals surface area contributed by atoms with Gasteiger partial charge in [-0.25, -0.2) is 0 Å². The first-order valence-electron chi connectivity index (χ1n) is 7.02. The Balaban J connectivity index is 1.89. The van der Waals surface area contributed by atoms with Gasteiger partial charge >= 0.3 is 0 Å². The van der Waals surface area contributed by atoms with Crippen LogP contribution in [-0.4, -0.2) is 19.6 Å². The maximum atomic E-state index is 12.0. The third kappa shape index (κ3) is 5.05. The number of ether oxygens (including phenoxy) is 2. The Bertz CT molecular complexity index is 687. The molecule has 6 heteroatoms. The van der Waals surface area contributed by atoms with E-state index in [0.29, 0.717) is 27.2 Å². The third-order valence-corrected chi connectivity index (χ3v) is 3.83. The Morgan fingerprint density at radius 2 is 1.87 bits per heavy atom. The van der Waals surface area contributed by atoms with Crippen LogP contribution in [0.15, 0.2) is 36.4 Å². The van der Waals surface area contributed by atoms with E-state index in [9.17, 15) is 4.79 Å². The minimum absolute atomic E-state index is 0.168. The average Bonchev–Trinajstić information content (AvgIpc) is 2.52. The van der Waals surface area contributed by atoms with E-state index in [-0.39, 0.29) is 18.9 Å². The average molecular weight is 354 g/mol. The van der Waals surface area contributed by atoms with Crippen molar-refractivity contribution < 1.29 is 14.3 Å². The molecule has 4 nitrogen and oxygen atoms in total. The summed E-state index contributed by atoms with van der Waals surface area (Å²) in [5, 5.41) is 4.03. The van der Waals surface area contributed by atoms with Gasteiger partial charge in [-0.05, 0) is 42.8 Å². The van der Waals surface area contributed by atoms with E-state index >= 15 is 0 Å². The molecule has 0 saturated heterocycles. The van der Waals surface area contributed by atoms with Gasteiger partial charge in [0.05, 0.1) is 25.8 Å². The van der Waals surface area contributed by atoms with E-state index in [4.69, 9.17) is 32.7 Å². The normalized spacial score (nSPS) is 10.3. The van der Waals surface area contributed by atoms with Crippen molar-refractivity contribution in [2.24, 2.45) is 0 Å². The molecule has 0 fully saturated rings. The predicted molar refractivity (Wildman–Crippen MR) is 92.9 cm³/mol. The van der Waals surface area contributed by atoms with Crippen LogP contribution in [0.5, 0.6) is 11.5 Å². The number of aryl methyl sites for hydroxylation is 1. The van der Waals surface area contributed by atoms with Crippen molar-refractivity contribution in [1.29, 1.82) is 0 Å². The van der Waals surface area contributed by atoms with Crippen LogP contribution in [0.1, 0.15) is 12.0 Å². The maximum Gasteiger partial charge on any atom is 0.227 e. The molecule has 2 aromatic rings. The molecule has 0 heterocycles. The van der Waals surface area contributed by atoms with E-state index in [1.165, 1.54) is 7.11 Å². The molecule has 0 aliphatic carbocycles. The highest BCUT2D eigenvalue weighted by atomic mass is 35.5. The van der Waals surface area contributed by atoms with Gasteiger partial charge in [-0.2, -0.15) is 0 Å². The lowest BCUT2D eigenvalue weighted by Gasteiger charge is -2.12. The third-order valence-electron chi connectivity index (χ3n) is 3.17. The van der Waals surface area contributed by atoms with Crippen molar-refractivity contribution >= 4 is 34.8 Å². The predicted octanol–water partition coefficient (Wildman–Crippen LogP) is 4.72. The van der Waals surface area contributed by atoms with Gasteiger partial charge in [0.2, 0.25) is 5.91 Å². The van der Waals surface area contributed by atoms with E-state index in [1.54, 1.807) is 36.4 Å². The lowest BCUT2D eigenvalue weighted by atomic mass is 10.2. The number of carbonyl (C=O) groups is 1. The number of hydrogen-bond donors (Lipinski definition) is 1. The smallest absolute Gasteiger partial charge is 0.227 e. The van der Waals surface area contributed by atoms with Crippen molar-refractivity contribution in [2.45, 2.75) is 13.3 Å². The SMILES string of the molecule is COc1cc(Cl)c(C)cc1NC(=O)CCOc1ccc(Cl)cc1. The van der Waals surface area contributed by atoms with Crippen LogP contribution >= 0.6 is 23.2 Å². The topological polar surface area (TPSA) is 47.6 Å². The second-order valence-corrected chi connectivity index (χ2v) is 5.75.